The molecule has 0 saturated heterocycles. The molecule has 0 aliphatic rings. The summed E-state index contributed by atoms with van der Waals surface area (Å²) in [6, 6.07) is 0. The van der Waals surface area contributed by atoms with Crippen molar-refractivity contribution in [3.05, 3.63) is 29.9 Å². The molecule has 1 aromatic heterocycles. The van der Waals surface area contributed by atoms with E-state index >= 15 is 0 Å². The number of halogens is 1. The van der Waals surface area contributed by atoms with Gasteiger partial charge < -0.3 is 5.73 Å². The zero-order valence-electron chi connectivity index (χ0n) is 5.74. The first-order valence-electron chi connectivity index (χ1n) is 2.89. The molecule has 1 rings (SSSR count). The number of nitrogens with zero attached hydrogens (tertiary/aromatic N) is 3. The van der Waals surface area contributed by atoms with E-state index in [0.29, 0.717) is 10.7 Å². The molecule has 1 heterocycles. The Kier molecular flexibility index (Phi) is 2.43. The van der Waals surface area contributed by atoms with Crippen molar-refractivity contribution in [1.29, 1.82) is 0 Å². The Morgan fingerprint density at radius 2 is 2.64 bits per heavy atom. The van der Waals surface area contributed by atoms with Crippen LogP contribution in [0.2, 0.25) is 0 Å². The Balaban J connectivity index is 3.01. The van der Waals surface area contributed by atoms with Gasteiger partial charge in [-0.1, -0.05) is 6.58 Å². The molecule has 0 saturated carbocycles. The van der Waals surface area contributed by atoms with Crippen molar-refractivity contribution < 1.29 is 0 Å². The van der Waals surface area contributed by atoms with Crippen LogP contribution in [0.3, 0.4) is 0 Å². The number of rotatable bonds is 1. The second-order valence-electron chi connectivity index (χ2n) is 1.74. The average molecular weight is 215 g/mol. The monoisotopic (exact) mass is 214 g/mol. The van der Waals surface area contributed by atoms with Gasteiger partial charge in [-0.15, -0.1) is 0 Å². The Morgan fingerprint density at radius 3 is 3.09 bits per heavy atom. The number of nitrogens with two attached hydrogens (primary N) is 1. The van der Waals surface area contributed by atoms with Gasteiger partial charge in [0.05, 0.1) is 0 Å². The summed E-state index contributed by atoms with van der Waals surface area (Å²) in [6.07, 6.45) is 4.70. The predicted octanol–water partition coefficient (Wildman–Crippen LogP) is 0.952. The quantitative estimate of drug-likeness (QED) is 0.560. The summed E-state index contributed by atoms with van der Waals surface area (Å²) in [7, 11) is 0. The highest BCUT2D eigenvalue weighted by Gasteiger charge is 1.99. The summed E-state index contributed by atoms with van der Waals surface area (Å²) in [4.78, 5) is 7.68. The van der Waals surface area contributed by atoms with Gasteiger partial charge in [-0.05, 0) is 15.9 Å². The lowest BCUT2D eigenvalue weighted by Crippen LogP contribution is -2.21. The minimum atomic E-state index is 0.337. The Hall–Kier alpha value is -1.10. The summed E-state index contributed by atoms with van der Waals surface area (Å²) >= 11 is 3.19. The summed E-state index contributed by atoms with van der Waals surface area (Å²) in [5, 5.41) is 0. The molecular weight excluding hydrogens is 208 g/mol. The molecule has 2 N–H and O–H groups in total. The third-order valence-electron chi connectivity index (χ3n) is 1.07. The minimum absolute atomic E-state index is 0.337. The van der Waals surface area contributed by atoms with Crippen molar-refractivity contribution in [2.45, 2.75) is 0 Å². The molecule has 4 nitrogen and oxygen atoms in total. The molecule has 0 amide bonds. The first-order chi connectivity index (χ1) is 5.25. The molecule has 0 bridgehead atoms. The Labute approximate surface area is 72.6 Å². The number of hydrogen-bond acceptors (Lipinski definition) is 2. The van der Waals surface area contributed by atoms with Crippen LogP contribution in [0.15, 0.2) is 34.9 Å². The van der Waals surface area contributed by atoms with E-state index in [1.165, 1.54) is 6.20 Å². The van der Waals surface area contributed by atoms with E-state index in [4.69, 9.17) is 5.73 Å². The summed E-state index contributed by atoms with van der Waals surface area (Å²) in [6.45, 7) is 3.42. The molecule has 1 aromatic rings. The highest BCUT2D eigenvalue weighted by Crippen LogP contribution is 2.04. The zero-order chi connectivity index (χ0) is 8.27. The summed E-state index contributed by atoms with van der Waals surface area (Å²) < 4.78 is 2.22. The fraction of sp³-hybridized carbons (Fsp3) is 0. The normalized spacial score (nSPS) is 11.5. The van der Waals surface area contributed by atoms with Crippen LogP contribution >= 0.6 is 15.9 Å². The molecule has 0 unspecified atom stereocenters. The lowest BCUT2D eigenvalue weighted by molar-refractivity contribution is 1.05. The molecule has 0 fully saturated rings. The Bertz CT molecular complexity index is 289. The van der Waals surface area contributed by atoms with Crippen molar-refractivity contribution in [1.82, 2.24) is 9.55 Å². The molecular formula is C6H7BrN4. The topological polar surface area (TPSA) is 56.2 Å². The lowest BCUT2D eigenvalue weighted by atomic mass is 10.8. The second kappa shape index (κ2) is 3.34. The van der Waals surface area contributed by atoms with E-state index in [-0.39, 0.29) is 0 Å². The molecule has 0 aromatic carbocycles. The van der Waals surface area contributed by atoms with E-state index in [9.17, 15) is 0 Å². The van der Waals surface area contributed by atoms with Crippen LogP contribution in [0, 0.1) is 0 Å². The van der Waals surface area contributed by atoms with Crippen LogP contribution in [0.4, 0.5) is 0 Å². The van der Waals surface area contributed by atoms with Gasteiger partial charge in [-0.25, -0.2) is 9.98 Å². The van der Waals surface area contributed by atoms with E-state index in [2.05, 4.69) is 32.5 Å². The molecule has 0 atom stereocenters. The van der Waals surface area contributed by atoms with Crippen molar-refractivity contribution in [3.8, 4) is 0 Å². The van der Waals surface area contributed by atoms with Crippen LogP contribution in [0.1, 0.15) is 0 Å². The molecule has 0 aliphatic heterocycles. The number of aliphatic imine (C=N–C) groups is 1. The highest BCUT2D eigenvalue weighted by atomic mass is 79.9. The van der Waals surface area contributed by atoms with E-state index in [0.717, 1.165) is 0 Å². The average Bonchev–Trinajstić information content (AvgIpc) is 2.36. The van der Waals surface area contributed by atoms with Crippen LogP contribution < -0.4 is 5.73 Å². The minimum Gasteiger partial charge on any atom is -0.369 e. The zero-order valence-corrected chi connectivity index (χ0v) is 7.32. The fourth-order valence-electron chi connectivity index (χ4n) is 0.612. The Morgan fingerprint density at radius 1 is 1.91 bits per heavy atom. The number of hydrogen-bond donors (Lipinski definition) is 1. The summed E-state index contributed by atoms with van der Waals surface area (Å²) in [5.74, 6) is 0.337. The first kappa shape index (κ1) is 8.00. The fourth-order valence-corrected chi connectivity index (χ4v) is 1.03. The molecule has 5 heteroatoms. The van der Waals surface area contributed by atoms with Gasteiger partial charge in [0.1, 0.15) is 0 Å². The molecule has 0 spiro atoms. The van der Waals surface area contributed by atoms with Crippen molar-refractivity contribution >= 4 is 21.9 Å². The van der Waals surface area contributed by atoms with Crippen molar-refractivity contribution in [3.63, 3.8) is 0 Å². The summed E-state index contributed by atoms with van der Waals surface area (Å²) in [5.41, 5.74) is 5.52. The smallest absolute Gasteiger partial charge is 0.206 e. The SMILES string of the molecule is C=CN=C(N)n1ccnc1Br. The predicted molar refractivity (Wildman–Crippen MR) is 47.1 cm³/mol. The van der Waals surface area contributed by atoms with Crippen LogP contribution in [-0.2, 0) is 0 Å². The van der Waals surface area contributed by atoms with Gasteiger partial charge in [0, 0.05) is 18.6 Å². The third-order valence-corrected chi connectivity index (χ3v) is 1.65. The maximum Gasteiger partial charge on any atom is 0.206 e. The molecule has 0 radical (unpaired) electrons. The van der Waals surface area contributed by atoms with E-state index in [1.807, 2.05) is 0 Å². The molecule has 11 heavy (non-hydrogen) atoms. The first-order valence-corrected chi connectivity index (χ1v) is 3.68. The van der Waals surface area contributed by atoms with Gasteiger partial charge in [-0.2, -0.15) is 0 Å². The van der Waals surface area contributed by atoms with Crippen LogP contribution in [0.5, 0.6) is 0 Å². The lowest BCUT2D eigenvalue weighted by Gasteiger charge is -1.99. The van der Waals surface area contributed by atoms with Crippen LogP contribution in [0.25, 0.3) is 0 Å². The third kappa shape index (κ3) is 1.68. The van der Waals surface area contributed by atoms with Gasteiger partial charge in [0.2, 0.25) is 5.96 Å². The maximum atomic E-state index is 5.52. The number of imidazole rings is 1. The number of aromatic nitrogens is 2. The molecule has 0 aliphatic carbocycles. The van der Waals surface area contributed by atoms with Gasteiger partial charge >= 0.3 is 0 Å². The second-order valence-corrected chi connectivity index (χ2v) is 2.45. The van der Waals surface area contributed by atoms with Crippen molar-refractivity contribution in [2.75, 3.05) is 0 Å². The van der Waals surface area contributed by atoms with Crippen molar-refractivity contribution in [2.24, 2.45) is 10.7 Å². The van der Waals surface area contributed by atoms with Gasteiger partial charge in [0.15, 0.2) is 4.73 Å². The van der Waals surface area contributed by atoms with E-state index in [1.54, 1.807) is 17.0 Å². The molecule has 58 valence electrons. The van der Waals surface area contributed by atoms with Gasteiger partial charge in [-0.3, -0.25) is 4.57 Å². The standard InChI is InChI=1S/C6H7BrN4/c1-2-9-6(8)11-4-3-10-5(11)7/h2-4H,1H2,(H2,8,9). The largest absolute Gasteiger partial charge is 0.369 e. The maximum absolute atomic E-state index is 5.52. The van der Waals surface area contributed by atoms with Crippen LogP contribution in [-0.4, -0.2) is 15.5 Å². The highest BCUT2D eigenvalue weighted by molar-refractivity contribution is 9.10. The van der Waals surface area contributed by atoms with E-state index < -0.39 is 0 Å². The van der Waals surface area contributed by atoms with Gasteiger partial charge in [0.25, 0.3) is 0 Å².